The van der Waals surface area contributed by atoms with Gasteiger partial charge in [0.05, 0.1) is 15.5 Å². The summed E-state index contributed by atoms with van der Waals surface area (Å²) in [7, 11) is -3.66. The number of hydrogen-bond acceptors (Lipinski definition) is 3. The molecule has 2 N–H and O–H groups in total. The summed E-state index contributed by atoms with van der Waals surface area (Å²) in [6, 6.07) is 3.72. The molecule has 0 atom stereocenters. The zero-order valence-corrected chi connectivity index (χ0v) is 12.8. The largest absolute Gasteiger partial charge is 0.478 e. The second kappa shape index (κ2) is 5.26. The highest BCUT2D eigenvalue weighted by molar-refractivity contribution is 7.89. The van der Waals surface area contributed by atoms with Gasteiger partial charge in [-0.1, -0.05) is 11.6 Å². The zero-order chi connectivity index (χ0) is 15.2. The molecule has 0 unspecified atom stereocenters. The van der Waals surface area contributed by atoms with E-state index in [0.29, 0.717) is 11.8 Å². The molecule has 7 heteroatoms. The normalized spacial score (nSPS) is 19.0. The molecule has 3 rings (SSSR count). The molecule has 2 saturated carbocycles. The van der Waals surface area contributed by atoms with Crippen LogP contribution in [0.25, 0.3) is 0 Å². The molecule has 0 aliphatic heterocycles. The molecule has 0 heterocycles. The Labute approximate surface area is 128 Å². The summed E-state index contributed by atoms with van der Waals surface area (Å²) in [6.07, 6.45) is 4.29. The Morgan fingerprint density at radius 1 is 1.24 bits per heavy atom. The molecule has 1 aromatic carbocycles. The molecule has 0 spiro atoms. The van der Waals surface area contributed by atoms with Crippen LogP contribution in [0.5, 0.6) is 0 Å². The molecule has 114 valence electrons. The van der Waals surface area contributed by atoms with Crippen LogP contribution in [0.15, 0.2) is 23.1 Å². The van der Waals surface area contributed by atoms with Crippen LogP contribution in [0.2, 0.25) is 5.02 Å². The number of halogens is 1. The lowest BCUT2D eigenvalue weighted by Gasteiger charge is -2.18. The number of benzene rings is 1. The van der Waals surface area contributed by atoms with Crippen LogP contribution in [0, 0.1) is 11.8 Å². The average Bonchev–Trinajstić information content (AvgIpc) is 3.27. The summed E-state index contributed by atoms with van der Waals surface area (Å²) < 4.78 is 27.6. The first-order chi connectivity index (χ1) is 9.88. The summed E-state index contributed by atoms with van der Waals surface area (Å²) >= 11 is 5.84. The minimum absolute atomic E-state index is 0.00734. The van der Waals surface area contributed by atoms with E-state index >= 15 is 0 Å². The van der Waals surface area contributed by atoms with Gasteiger partial charge >= 0.3 is 5.97 Å². The van der Waals surface area contributed by atoms with Crippen molar-refractivity contribution >= 4 is 27.6 Å². The molecule has 2 fully saturated rings. The SMILES string of the molecule is O=C(O)c1ccc(S(=O)(=O)NC(C2CC2)C2CC2)cc1Cl. The van der Waals surface area contributed by atoms with E-state index < -0.39 is 16.0 Å². The topological polar surface area (TPSA) is 83.5 Å². The number of rotatable bonds is 6. The summed E-state index contributed by atoms with van der Waals surface area (Å²) in [5.41, 5.74) is -0.100. The highest BCUT2D eigenvalue weighted by Crippen LogP contribution is 2.45. The van der Waals surface area contributed by atoms with Gasteiger partial charge in [0.2, 0.25) is 10.0 Å². The van der Waals surface area contributed by atoms with E-state index in [1.54, 1.807) is 0 Å². The number of hydrogen-bond donors (Lipinski definition) is 2. The second-order valence-electron chi connectivity index (χ2n) is 5.77. The van der Waals surface area contributed by atoms with Gasteiger partial charge in [-0.2, -0.15) is 0 Å². The van der Waals surface area contributed by atoms with Crippen LogP contribution in [0.1, 0.15) is 36.0 Å². The number of aromatic carboxylic acids is 1. The van der Waals surface area contributed by atoms with Gasteiger partial charge in [0.1, 0.15) is 0 Å². The molecule has 1 aromatic rings. The van der Waals surface area contributed by atoms with Crippen molar-refractivity contribution < 1.29 is 18.3 Å². The molecule has 2 aliphatic carbocycles. The van der Waals surface area contributed by atoms with E-state index in [2.05, 4.69) is 4.72 Å². The number of sulfonamides is 1. The van der Waals surface area contributed by atoms with Crippen LogP contribution in [-0.4, -0.2) is 25.5 Å². The third-order valence-corrected chi connectivity index (χ3v) is 5.80. The fourth-order valence-electron chi connectivity index (χ4n) is 2.57. The van der Waals surface area contributed by atoms with Crippen LogP contribution < -0.4 is 4.72 Å². The number of carbonyl (C=O) groups is 1. The molecule has 0 saturated heterocycles. The average molecular weight is 330 g/mol. The van der Waals surface area contributed by atoms with Crippen LogP contribution in [-0.2, 0) is 10.0 Å². The van der Waals surface area contributed by atoms with Crippen molar-refractivity contribution in [1.29, 1.82) is 0 Å². The Kier molecular flexibility index (Phi) is 3.71. The Hall–Kier alpha value is -1.11. The Balaban J connectivity index is 1.83. The van der Waals surface area contributed by atoms with Crippen molar-refractivity contribution in [3.63, 3.8) is 0 Å². The molecule has 0 bridgehead atoms. The zero-order valence-electron chi connectivity index (χ0n) is 11.3. The number of carboxylic acid groups (broad SMARTS) is 1. The smallest absolute Gasteiger partial charge is 0.337 e. The minimum Gasteiger partial charge on any atom is -0.478 e. The second-order valence-corrected chi connectivity index (χ2v) is 7.89. The maximum Gasteiger partial charge on any atom is 0.337 e. The van der Waals surface area contributed by atoms with Crippen LogP contribution in [0.4, 0.5) is 0 Å². The summed E-state index contributed by atoms with van der Waals surface area (Å²) in [4.78, 5) is 10.9. The van der Waals surface area contributed by atoms with Gasteiger partial charge in [-0.05, 0) is 55.7 Å². The van der Waals surface area contributed by atoms with E-state index in [4.69, 9.17) is 16.7 Å². The van der Waals surface area contributed by atoms with Gasteiger partial charge in [0.15, 0.2) is 0 Å². The molecule has 21 heavy (non-hydrogen) atoms. The van der Waals surface area contributed by atoms with Crippen molar-refractivity contribution in [1.82, 2.24) is 4.72 Å². The number of carboxylic acids is 1. The van der Waals surface area contributed by atoms with Gasteiger partial charge < -0.3 is 5.11 Å². The predicted octanol–water partition coefficient (Wildman–Crippen LogP) is 2.51. The van der Waals surface area contributed by atoms with Gasteiger partial charge in [-0.25, -0.2) is 17.9 Å². The highest BCUT2D eigenvalue weighted by Gasteiger charge is 2.43. The molecule has 0 amide bonds. The quantitative estimate of drug-likeness (QED) is 0.840. The maximum absolute atomic E-state index is 12.4. The van der Waals surface area contributed by atoms with Gasteiger partial charge in [0.25, 0.3) is 0 Å². The predicted molar refractivity (Wildman–Crippen MR) is 78.0 cm³/mol. The summed E-state index contributed by atoms with van der Waals surface area (Å²) in [6.45, 7) is 0. The summed E-state index contributed by atoms with van der Waals surface area (Å²) in [5, 5.41) is 8.85. The number of nitrogens with one attached hydrogen (secondary N) is 1. The molecule has 0 radical (unpaired) electrons. The first-order valence-corrected chi connectivity index (χ1v) is 8.80. The molecule has 0 aromatic heterocycles. The summed E-state index contributed by atoms with van der Waals surface area (Å²) in [5.74, 6) is -0.284. The third kappa shape index (κ3) is 3.22. The van der Waals surface area contributed by atoms with E-state index in [1.807, 2.05) is 0 Å². The van der Waals surface area contributed by atoms with Crippen molar-refractivity contribution in [2.75, 3.05) is 0 Å². The first-order valence-electron chi connectivity index (χ1n) is 6.93. The van der Waals surface area contributed by atoms with Crippen molar-refractivity contribution in [3.8, 4) is 0 Å². The van der Waals surface area contributed by atoms with Gasteiger partial charge in [0, 0.05) is 6.04 Å². The van der Waals surface area contributed by atoms with Gasteiger partial charge in [-0.3, -0.25) is 0 Å². The van der Waals surface area contributed by atoms with Crippen LogP contribution >= 0.6 is 11.6 Å². The monoisotopic (exact) mass is 329 g/mol. The molecule has 2 aliphatic rings. The van der Waals surface area contributed by atoms with Crippen LogP contribution in [0.3, 0.4) is 0 Å². The molecular weight excluding hydrogens is 314 g/mol. The minimum atomic E-state index is -3.66. The Morgan fingerprint density at radius 3 is 2.24 bits per heavy atom. The van der Waals surface area contributed by atoms with Crippen molar-refractivity contribution in [2.45, 2.75) is 36.6 Å². The fourth-order valence-corrected chi connectivity index (χ4v) is 4.30. The highest BCUT2D eigenvalue weighted by atomic mass is 35.5. The lowest BCUT2D eigenvalue weighted by Crippen LogP contribution is -2.38. The van der Waals surface area contributed by atoms with E-state index in [9.17, 15) is 13.2 Å². The molecule has 5 nitrogen and oxygen atoms in total. The Morgan fingerprint density at radius 2 is 1.81 bits per heavy atom. The van der Waals surface area contributed by atoms with E-state index in [-0.39, 0.29) is 21.5 Å². The van der Waals surface area contributed by atoms with Crippen molar-refractivity contribution in [3.05, 3.63) is 28.8 Å². The van der Waals surface area contributed by atoms with Gasteiger partial charge in [-0.15, -0.1) is 0 Å². The third-order valence-electron chi connectivity index (χ3n) is 4.03. The standard InChI is InChI=1S/C14H16ClNO4S/c15-12-7-10(5-6-11(12)14(17)18)21(19,20)16-13(8-1-2-8)9-3-4-9/h5-9,13,16H,1-4H2,(H,17,18). The maximum atomic E-state index is 12.4. The Bertz CT molecular complexity index is 668. The first kappa shape index (κ1) is 14.8. The van der Waals surface area contributed by atoms with E-state index in [1.165, 1.54) is 18.2 Å². The van der Waals surface area contributed by atoms with Crippen molar-refractivity contribution in [2.24, 2.45) is 11.8 Å². The fraction of sp³-hybridized carbons (Fsp3) is 0.500. The molecular formula is C14H16ClNO4S. The lowest BCUT2D eigenvalue weighted by atomic mass is 10.1. The lowest BCUT2D eigenvalue weighted by molar-refractivity contribution is 0.0697. The van der Waals surface area contributed by atoms with E-state index in [0.717, 1.165) is 25.7 Å².